The van der Waals surface area contributed by atoms with E-state index in [-0.39, 0.29) is 29.5 Å². The Morgan fingerprint density at radius 1 is 1.38 bits per heavy atom. The van der Waals surface area contributed by atoms with Crippen LogP contribution in [0, 0.1) is 11.2 Å². The molecule has 1 fully saturated rings. The molecule has 2 rings (SSSR count). The lowest BCUT2D eigenvalue weighted by Gasteiger charge is -2.37. The molecule has 0 bridgehead atoms. The molecule has 1 aromatic rings. The summed E-state index contributed by atoms with van der Waals surface area (Å²) in [6.07, 6.45) is 2.40. The molecule has 1 heterocycles. The van der Waals surface area contributed by atoms with E-state index in [4.69, 9.17) is 4.74 Å². The standard InChI is InChI=1S/C17H25FN2O2S.ClH/c1-22-13-17(7-9-19-10-8-17)12-20-16(21)6-11-23-15-5-3-2-4-14(15)18;/h2-5,19H,6-13H2,1H3,(H,20,21);1H. The molecule has 2 N–H and O–H groups in total. The molecule has 0 aliphatic carbocycles. The van der Waals surface area contributed by atoms with Crippen LogP contribution in [-0.4, -0.2) is 45.0 Å². The highest BCUT2D eigenvalue weighted by molar-refractivity contribution is 7.99. The molecule has 1 aromatic carbocycles. The van der Waals surface area contributed by atoms with Crippen molar-refractivity contribution in [3.63, 3.8) is 0 Å². The summed E-state index contributed by atoms with van der Waals surface area (Å²) in [4.78, 5) is 12.6. The summed E-state index contributed by atoms with van der Waals surface area (Å²) in [5.74, 6) is 0.362. The summed E-state index contributed by atoms with van der Waals surface area (Å²) in [5, 5.41) is 6.36. The quantitative estimate of drug-likeness (QED) is 0.685. The number of methoxy groups -OCH3 is 1. The molecule has 7 heteroatoms. The number of amides is 1. The van der Waals surface area contributed by atoms with E-state index in [9.17, 15) is 9.18 Å². The largest absolute Gasteiger partial charge is 0.384 e. The van der Waals surface area contributed by atoms with E-state index in [2.05, 4.69) is 10.6 Å². The van der Waals surface area contributed by atoms with Crippen LogP contribution in [-0.2, 0) is 9.53 Å². The summed E-state index contributed by atoms with van der Waals surface area (Å²) in [6.45, 7) is 3.23. The number of thioether (sulfide) groups is 1. The topological polar surface area (TPSA) is 50.4 Å². The first-order valence-electron chi connectivity index (χ1n) is 7.99. The third kappa shape index (κ3) is 6.59. The Morgan fingerprint density at radius 2 is 2.08 bits per heavy atom. The summed E-state index contributed by atoms with van der Waals surface area (Å²) in [7, 11) is 1.71. The lowest BCUT2D eigenvalue weighted by Crippen LogP contribution is -2.47. The fraction of sp³-hybridized carbons (Fsp3) is 0.588. The number of hydrogen-bond acceptors (Lipinski definition) is 4. The first-order valence-corrected chi connectivity index (χ1v) is 8.97. The predicted molar refractivity (Wildman–Crippen MR) is 98.4 cm³/mol. The first kappa shape index (κ1) is 21.2. The Balaban J connectivity index is 0.00000288. The van der Waals surface area contributed by atoms with E-state index in [0.717, 1.165) is 25.9 Å². The predicted octanol–water partition coefficient (Wildman–Crippen LogP) is 2.86. The average molecular weight is 377 g/mol. The van der Waals surface area contributed by atoms with Crippen LogP contribution in [0.4, 0.5) is 4.39 Å². The Bertz CT molecular complexity index is 508. The third-order valence-electron chi connectivity index (χ3n) is 4.20. The zero-order valence-corrected chi connectivity index (χ0v) is 15.6. The third-order valence-corrected chi connectivity index (χ3v) is 5.25. The summed E-state index contributed by atoms with van der Waals surface area (Å²) < 4.78 is 18.8. The second kappa shape index (κ2) is 10.9. The van der Waals surface area contributed by atoms with E-state index in [1.54, 1.807) is 25.3 Å². The van der Waals surface area contributed by atoms with Crippen molar-refractivity contribution in [1.29, 1.82) is 0 Å². The Hall–Kier alpha value is -0.820. The van der Waals surface area contributed by atoms with Gasteiger partial charge in [-0.1, -0.05) is 12.1 Å². The highest BCUT2D eigenvalue weighted by atomic mass is 35.5. The van der Waals surface area contributed by atoms with Crippen LogP contribution < -0.4 is 10.6 Å². The van der Waals surface area contributed by atoms with E-state index < -0.39 is 0 Å². The van der Waals surface area contributed by atoms with Crippen molar-refractivity contribution in [3.8, 4) is 0 Å². The van der Waals surface area contributed by atoms with Gasteiger partial charge in [0.2, 0.25) is 5.91 Å². The molecule has 4 nitrogen and oxygen atoms in total. The molecule has 136 valence electrons. The van der Waals surface area contributed by atoms with E-state index in [1.807, 2.05) is 0 Å². The van der Waals surface area contributed by atoms with Crippen LogP contribution >= 0.6 is 24.2 Å². The highest BCUT2D eigenvalue weighted by Gasteiger charge is 2.32. The van der Waals surface area contributed by atoms with Crippen LogP contribution in [0.2, 0.25) is 0 Å². The number of piperidine rings is 1. The van der Waals surface area contributed by atoms with Gasteiger partial charge in [-0.25, -0.2) is 4.39 Å². The number of carbonyl (C=O) groups excluding carboxylic acids is 1. The van der Waals surface area contributed by atoms with Crippen molar-refractivity contribution in [3.05, 3.63) is 30.1 Å². The summed E-state index contributed by atoms with van der Waals surface area (Å²) >= 11 is 1.38. The highest BCUT2D eigenvalue weighted by Crippen LogP contribution is 2.28. The van der Waals surface area contributed by atoms with Crippen molar-refractivity contribution >= 4 is 30.1 Å². The fourth-order valence-corrected chi connectivity index (χ4v) is 3.71. The SMILES string of the molecule is COCC1(CNC(=O)CCSc2ccccc2F)CCNCC1.Cl. The maximum atomic E-state index is 13.5. The second-order valence-corrected chi connectivity index (χ2v) is 7.13. The number of benzene rings is 1. The molecule has 0 unspecified atom stereocenters. The number of nitrogens with one attached hydrogen (secondary N) is 2. The molecule has 0 atom stereocenters. The van der Waals surface area contributed by atoms with Gasteiger partial charge in [-0.05, 0) is 38.1 Å². The van der Waals surface area contributed by atoms with Gasteiger partial charge in [-0.2, -0.15) is 0 Å². The van der Waals surface area contributed by atoms with Crippen molar-refractivity contribution < 1.29 is 13.9 Å². The summed E-state index contributed by atoms with van der Waals surface area (Å²) in [5.41, 5.74) is 0.0361. The van der Waals surface area contributed by atoms with Crippen LogP contribution in [0.3, 0.4) is 0 Å². The van der Waals surface area contributed by atoms with Gasteiger partial charge in [-0.3, -0.25) is 4.79 Å². The van der Waals surface area contributed by atoms with Gasteiger partial charge >= 0.3 is 0 Å². The van der Waals surface area contributed by atoms with E-state index in [0.29, 0.717) is 30.2 Å². The molecule has 1 aliphatic heterocycles. The number of rotatable bonds is 8. The Labute approximate surface area is 153 Å². The van der Waals surface area contributed by atoms with Gasteiger partial charge in [0.05, 0.1) is 6.61 Å². The smallest absolute Gasteiger partial charge is 0.220 e. The van der Waals surface area contributed by atoms with Crippen LogP contribution in [0.1, 0.15) is 19.3 Å². The maximum absolute atomic E-state index is 13.5. The van der Waals surface area contributed by atoms with E-state index in [1.165, 1.54) is 17.8 Å². The minimum Gasteiger partial charge on any atom is -0.384 e. The minimum atomic E-state index is -0.230. The van der Waals surface area contributed by atoms with Crippen molar-refractivity contribution in [2.75, 3.05) is 39.1 Å². The molecular formula is C17H26ClFN2O2S. The van der Waals surface area contributed by atoms with Crippen molar-refractivity contribution in [2.45, 2.75) is 24.2 Å². The number of halogens is 2. The number of carbonyl (C=O) groups is 1. The molecular weight excluding hydrogens is 351 g/mol. The minimum absolute atomic E-state index is 0. The molecule has 0 aromatic heterocycles. The zero-order chi connectivity index (χ0) is 16.5. The van der Waals surface area contributed by atoms with Crippen LogP contribution in [0.15, 0.2) is 29.2 Å². The molecule has 1 aliphatic rings. The van der Waals surface area contributed by atoms with Crippen LogP contribution in [0.25, 0.3) is 0 Å². The summed E-state index contributed by atoms with van der Waals surface area (Å²) in [6, 6.07) is 6.64. The van der Waals surface area contributed by atoms with Crippen molar-refractivity contribution in [1.82, 2.24) is 10.6 Å². The monoisotopic (exact) mass is 376 g/mol. The van der Waals surface area contributed by atoms with Gasteiger partial charge in [0.25, 0.3) is 0 Å². The molecule has 0 saturated carbocycles. The molecule has 1 saturated heterocycles. The van der Waals surface area contributed by atoms with Gasteiger partial charge < -0.3 is 15.4 Å². The van der Waals surface area contributed by atoms with Gasteiger partial charge in [0.1, 0.15) is 5.82 Å². The fourth-order valence-electron chi connectivity index (χ4n) is 2.83. The zero-order valence-electron chi connectivity index (χ0n) is 14.0. The number of hydrogen-bond donors (Lipinski definition) is 2. The Kier molecular flexibility index (Phi) is 9.66. The molecule has 1 amide bonds. The Morgan fingerprint density at radius 3 is 2.75 bits per heavy atom. The lowest BCUT2D eigenvalue weighted by molar-refractivity contribution is -0.121. The van der Waals surface area contributed by atoms with Crippen molar-refractivity contribution in [2.24, 2.45) is 5.41 Å². The lowest BCUT2D eigenvalue weighted by atomic mass is 9.79. The maximum Gasteiger partial charge on any atom is 0.220 e. The first-order chi connectivity index (χ1) is 11.2. The molecule has 0 spiro atoms. The normalized spacial score (nSPS) is 16.2. The second-order valence-electron chi connectivity index (χ2n) is 5.99. The molecule has 24 heavy (non-hydrogen) atoms. The number of ether oxygens (including phenoxy) is 1. The van der Waals surface area contributed by atoms with Gasteiger partial charge in [-0.15, -0.1) is 24.2 Å². The van der Waals surface area contributed by atoms with Gasteiger partial charge in [0.15, 0.2) is 0 Å². The van der Waals surface area contributed by atoms with E-state index >= 15 is 0 Å². The average Bonchev–Trinajstić information content (AvgIpc) is 2.56. The van der Waals surface area contributed by atoms with Gasteiger partial charge in [0, 0.05) is 36.1 Å². The van der Waals surface area contributed by atoms with Crippen LogP contribution in [0.5, 0.6) is 0 Å². The molecule has 0 radical (unpaired) electrons.